The monoisotopic (exact) mass is 259 g/mol. The molecule has 0 atom stereocenters. The van der Waals surface area contributed by atoms with Gasteiger partial charge in [-0.15, -0.1) is 0 Å². The van der Waals surface area contributed by atoms with Crippen LogP contribution in [0.1, 0.15) is 12.5 Å². The van der Waals surface area contributed by atoms with Gasteiger partial charge in [-0.3, -0.25) is 0 Å². The summed E-state index contributed by atoms with van der Waals surface area (Å²) < 4.78 is 13.8. The van der Waals surface area contributed by atoms with Crippen LogP contribution in [0, 0.1) is 5.82 Å². The van der Waals surface area contributed by atoms with Crippen molar-refractivity contribution in [2.45, 2.75) is 13.5 Å². The second-order valence-electron chi connectivity index (χ2n) is 4.25. The molecule has 19 heavy (non-hydrogen) atoms. The van der Waals surface area contributed by atoms with Crippen molar-refractivity contribution in [1.29, 1.82) is 0 Å². The molecule has 0 fully saturated rings. The van der Waals surface area contributed by atoms with Crippen molar-refractivity contribution in [2.24, 2.45) is 0 Å². The van der Waals surface area contributed by atoms with Gasteiger partial charge in [0.2, 0.25) is 0 Å². The van der Waals surface area contributed by atoms with E-state index in [0.717, 1.165) is 17.9 Å². The molecule has 0 radical (unpaired) electrons. The number of hydrogen-bond acceptors (Lipinski definition) is 3. The third-order valence-electron chi connectivity index (χ3n) is 2.93. The molecule has 0 aliphatic rings. The first-order valence-corrected chi connectivity index (χ1v) is 6.38. The second kappa shape index (κ2) is 6.29. The molecule has 0 saturated carbocycles. The lowest BCUT2D eigenvalue weighted by atomic mass is 10.2. The fraction of sp³-hybridized carbons (Fsp3) is 0.267. The van der Waals surface area contributed by atoms with Crippen molar-refractivity contribution in [3.05, 3.63) is 54.0 Å². The Hall–Kier alpha value is -1.94. The standard InChI is InChI=1S/C15H18FN3/c1-3-19(14-7-5-4-6-13(14)16)15-9-8-12(10-17-2)11-18-15/h4-9,11,17H,3,10H2,1-2H3. The molecule has 1 aromatic carbocycles. The van der Waals surface area contributed by atoms with E-state index in [2.05, 4.69) is 10.3 Å². The summed E-state index contributed by atoms with van der Waals surface area (Å²) in [5, 5.41) is 3.07. The summed E-state index contributed by atoms with van der Waals surface area (Å²) in [6.45, 7) is 3.42. The molecule has 0 bridgehead atoms. The Morgan fingerprint density at radius 3 is 2.58 bits per heavy atom. The minimum absolute atomic E-state index is 0.231. The van der Waals surface area contributed by atoms with Crippen LogP contribution in [0.25, 0.3) is 0 Å². The first-order valence-electron chi connectivity index (χ1n) is 6.38. The number of nitrogens with zero attached hydrogens (tertiary/aromatic N) is 2. The molecule has 3 nitrogen and oxygen atoms in total. The molecule has 2 rings (SSSR count). The Morgan fingerprint density at radius 2 is 2.00 bits per heavy atom. The number of aromatic nitrogens is 1. The zero-order chi connectivity index (χ0) is 13.7. The molecule has 0 amide bonds. The second-order valence-corrected chi connectivity index (χ2v) is 4.25. The minimum atomic E-state index is -0.231. The van der Waals surface area contributed by atoms with E-state index in [-0.39, 0.29) is 5.82 Å². The largest absolute Gasteiger partial charge is 0.324 e. The van der Waals surface area contributed by atoms with Crippen LogP contribution in [0.4, 0.5) is 15.9 Å². The van der Waals surface area contributed by atoms with E-state index in [0.29, 0.717) is 12.2 Å². The average molecular weight is 259 g/mol. The van der Waals surface area contributed by atoms with Gasteiger partial charge < -0.3 is 10.2 Å². The third-order valence-corrected chi connectivity index (χ3v) is 2.93. The van der Waals surface area contributed by atoms with Gasteiger partial charge in [0.05, 0.1) is 5.69 Å². The van der Waals surface area contributed by atoms with Crippen molar-refractivity contribution in [3.8, 4) is 0 Å². The molecule has 1 aromatic heterocycles. The van der Waals surface area contributed by atoms with Crippen LogP contribution in [-0.2, 0) is 6.54 Å². The third kappa shape index (κ3) is 3.09. The van der Waals surface area contributed by atoms with E-state index in [1.54, 1.807) is 12.1 Å². The molecule has 0 aliphatic carbocycles. The van der Waals surface area contributed by atoms with Crippen LogP contribution in [0.3, 0.4) is 0 Å². The minimum Gasteiger partial charge on any atom is -0.324 e. The molecule has 1 N–H and O–H groups in total. The van der Waals surface area contributed by atoms with E-state index in [9.17, 15) is 4.39 Å². The maximum atomic E-state index is 13.8. The van der Waals surface area contributed by atoms with Crippen LogP contribution in [-0.4, -0.2) is 18.6 Å². The zero-order valence-electron chi connectivity index (χ0n) is 11.2. The van der Waals surface area contributed by atoms with Crippen LogP contribution >= 0.6 is 0 Å². The van der Waals surface area contributed by atoms with Crippen molar-refractivity contribution in [2.75, 3.05) is 18.5 Å². The number of halogens is 1. The number of nitrogens with one attached hydrogen (secondary N) is 1. The summed E-state index contributed by atoms with van der Waals surface area (Å²) >= 11 is 0. The Morgan fingerprint density at radius 1 is 1.21 bits per heavy atom. The summed E-state index contributed by atoms with van der Waals surface area (Å²) in [6, 6.07) is 10.7. The number of para-hydroxylation sites is 1. The van der Waals surface area contributed by atoms with Gasteiger partial charge in [0, 0.05) is 19.3 Å². The number of pyridine rings is 1. The maximum Gasteiger partial charge on any atom is 0.146 e. The highest BCUT2D eigenvalue weighted by Gasteiger charge is 2.12. The van der Waals surface area contributed by atoms with Crippen LogP contribution in [0.5, 0.6) is 0 Å². The van der Waals surface area contributed by atoms with Gasteiger partial charge >= 0.3 is 0 Å². The normalized spacial score (nSPS) is 10.5. The van der Waals surface area contributed by atoms with Crippen molar-refractivity contribution < 1.29 is 4.39 Å². The molecular formula is C15H18FN3. The summed E-state index contributed by atoms with van der Waals surface area (Å²) in [7, 11) is 1.89. The van der Waals surface area contributed by atoms with E-state index >= 15 is 0 Å². The smallest absolute Gasteiger partial charge is 0.146 e. The van der Waals surface area contributed by atoms with Gasteiger partial charge in [-0.25, -0.2) is 9.37 Å². The topological polar surface area (TPSA) is 28.2 Å². The molecule has 1 heterocycles. The summed E-state index contributed by atoms with van der Waals surface area (Å²) in [5.74, 6) is 0.526. The SMILES string of the molecule is CCN(c1ccc(CNC)cn1)c1ccccc1F. The van der Waals surface area contributed by atoms with Crippen molar-refractivity contribution >= 4 is 11.5 Å². The summed E-state index contributed by atoms with van der Waals surface area (Å²) in [5.41, 5.74) is 1.66. The van der Waals surface area contributed by atoms with E-state index in [1.807, 2.05) is 43.3 Å². The predicted octanol–water partition coefficient (Wildman–Crippen LogP) is 3.10. The quantitative estimate of drug-likeness (QED) is 0.894. The molecule has 0 unspecified atom stereocenters. The van der Waals surface area contributed by atoms with Crippen LogP contribution in [0.15, 0.2) is 42.6 Å². The Bertz CT molecular complexity index is 525. The summed E-state index contributed by atoms with van der Waals surface area (Å²) in [6.07, 6.45) is 1.81. The molecule has 0 aliphatic heterocycles. The van der Waals surface area contributed by atoms with Gasteiger partial charge in [-0.1, -0.05) is 18.2 Å². The first kappa shape index (κ1) is 13.5. The highest BCUT2D eigenvalue weighted by atomic mass is 19.1. The fourth-order valence-corrected chi connectivity index (χ4v) is 2.01. The van der Waals surface area contributed by atoms with Gasteiger partial charge in [0.15, 0.2) is 0 Å². The molecule has 2 aromatic rings. The fourth-order valence-electron chi connectivity index (χ4n) is 2.01. The zero-order valence-corrected chi connectivity index (χ0v) is 11.2. The van der Waals surface area contributed by atoms with E-state index < -0.39 is 0 Å². The van der Waals surface area contributed by atoms with E-state index in [1.165, 1.54) is 6.07 Å². The molecule has 100 valence electrons. The Kier molecular flexibility index (Phi) is 4.47. The number of hydrogen-bond donors (Lipinski definition) is 1. The Labute approximate surface area is 113 Å². The van der Waals surface area contributed by atoms with Gasteiger partial charge in [-0.05, 0) is 37.7 Å². The van der Waals surface area contributed by atoms with Crippen LogP contribution < -0.4 is 10.2 Å². The highest BCUT2D eigenvalue weighted by molar-refractivity contribution is 5.60. The number of rotatable bonds is 5. The van der Waals surface area contributed by atoms with Gasteiger partial charge in [0.1, 0.15) is 11.6 Å². The Balaban J connectivity index is 2.29. The lowest BCUT2D eigenvalue weighted by molar-refractivity contribution is 0.625. The van der Waals surface area contributed by atoms with Gasteiger partial charge in [0.25, 0.3) is 0 Å². The number of benzene rings is 1. The molecular weight excluding hydrogens is 241 g/mol. The van der Waals surface area contributed by atoms with Gasteiger partial charge in [-0.2, -0.15) is 0 Å². The number of anilines is 2. The highest BCUT2D eigenvalue weighted by Crippen LogP contribution is 2.25. The maximum absolute atomic E-state index is 13.8. The lowest BCUT2D eigenvalue weighted by Crippen LogP contribution is -2.18. The molecule has 4 heteroatoms. The molecule has 0 saturated heterocycles. The van der Waals surface area contributed by atoms with Crippen molar-refractivity contribution in [3.63, 3.8) is 0 Å². The molecule has 0 spiro atoms. The summed E-state index contributed by atoms with van der Waals surface area (Å²) in [4.78, 5) is 6.26. The average Bonchev–Trinajstić information content (AvgIpc) is 2.44. The first-order chi connectivity index (χ1) is 9.26. The van der Waals surface area contributed by atoms with E-state index in [4.69, 9.17) is 0 Å². The van der Waals surface area contributed by atoms with Crippen LogP contribution in [0.2, 0.25) is 0 Å². The lowest BCUT2D eigenvalue weighted by Gasteiger charge is -2.22. The predicted molar refractivity (Wildman–Crippen MR) is 76.1 cm³/mol. The van der Waals surface area contributed by atoms with Crippen molar-refractivity contribution in [1.82, 2.24) is 10.3 Å².